The van der Waals surface area contributed by atoms with E-state index in [1.54, 1.807) is 5.57 Å². The average Bonchev–Trinajstić information content (AvgIpc) is 2.26. The largest absolute Gasteiger partial charge is 0.331 e. The summed E-state index contributed by atoms with van der Waals surface area (Å²) in [5.74, 6) is 7.15. The van der Waals surface area contributed by atoms with Crippen LogP contribution in [0.5, 0.6) is 0 Å². The van der Waals surface area contributed by atoms with E-state index in [4.69, 9.17) is 5.84 Å². The maximum Gasteiger partial charge on any atom is 0.0117 e. The Kier molecular flexibility index (Phi) is 6.55. The normalized spacial score (nSPS) is 29.8. The zero-order chi connectivity index (χ0) is 11.8. The van der Waals surface area contributed by atoms with Gasteiger partial charge in [0.15, 0.2) is 0 Å². The molecule has 0 bridgehead atoms. The highest BCUT2D eigenvalue weighted by Gasteiger charge is 2.19. The Morgan fingerprint density at radius 3 is 2.75 bits per heavy atom. The maximum absolute atomic E-state index is 5.41. The number of hydrazine groups is 1. The molecule has 3 N–H and O–H groups in total. The maximum atomic E-state index is 5.41. The van der Waals surface area contributed by atoms with E-state index in [9.17, 15) is 0 Å². The van der Waals surface area contributed by atoms with Crippen LogP contribution in [0.3, 0.4) is 0 Å². The van der Waals surface area contributed by atoms with Crippen LogP contribution in [0.2, 0.25) is 0 Å². The number of hydrogen-bond donors (Lipinski definition) is 2. The first-order valence-electron chi connectivity index (χ1n) is 6.96. The summed E-state index contributed by atoms with van der Waals surface area (Å²) in [6, 6.07) is 0. The van der Waals surface area contributed by atoms with Crippen LogP contribution in [-0.2, 0) is 0 Å². The molecule has 0 radical (unpaired) electrons. The third-order valence-corrected chi connectivity index (χ3v) is 3.98. The fraction of sp³-hybridized carbons (Fsp3) is 0.857. The molecule has 16 heavy (non-hydrogen) atoms. The van der Waals surface area contributed by atoms with E-state index < -0.39 is 0 Å². The summed E-state index contributed by atoms with van der Waals surface area (Å²) in [7, 11) is 0. The van der Waals surface area contributed by atoms with Gasteiger partial charge in [-0.05, 0) is 43.9 Å². The van der Waals surface area contributed by atoms with Gasteiger partial charge in [0.2, 0.25) is 0 Å². The topological polar surface area (TPSA) is 38.0 Å². The van der Waals surface area contributed by atoms with Gasteiger partial charge in [0.1, 0.15) is 0 Å². The van der Waals surface area contributed by atoms with E-state index in [2.05, 4.69) is 19.3 Å². The third-order valence-electron chi connectivity index (χ3n) is 3.98. The van der Waals surface area contributed by atoms with Gasteiger partial charge in [0.25, 0.3) is 0 Å². The molecule has 94 valence electrons. The lowest BCUT2D eigenvalue weighted by Crippen LogP contribution is -2.18. The molecule has 1 saturated carbocycles. The first-order chi connectivity index (χ1) is 7.81. The van der Waals surface area contributed by atoms with Crippen LogP contribution in [0.1, 0.15) is 65.2 Å². The number of allylic oxidation sites excluding steroid dienone is 1. The van der Waals surface area contributed by atoms with Gasteiger partial charge < -0.3 is 5.43 Å². The van der Waals surface area contributed by atoms with Gasteiger partial charge >= 0.3 is 0 Å². The Bertz CT molecular complexity index is 211. The fourth-order valence-electron chi connectivity index (χ4n) is 3.03. The molecule has 0 heterocycles. The van der Waals surface area contributed by atoms with Gasteiger partial charge in [-0.3, -0.25) is 5.84 Å². The van der Waals surface area contributed by atoms with Gasteiger partial charge in [0.05, 0.1) is 0 Å². The van der Waals surface area contributed by atoms with Gasteiger partial charge in [0, 0.05) is 6.20 Å². The van der Waals surface area contributed by atoms with E-state index in [-0.39, 0.29) is 0 Å². The van der Waals surface area contributed by atoms with Crippen molar-refractivity contribution in [3.63, 3.8) is 0 Å². The number of rotatable bonds is 4. The fourth-order valence-corrected chi connectivity index (χ4v) is 3.03. The van der Waals surface area contributed by atoms with Crippen molar-refractivity contribution < 1.29 is 0 Å². The molecule has 2 nitrogen and oxygen atoms in total. The van der Waals surface area contributed by atoms with Crippen LogP contribution in [0, 0.1) is 11.8 Å². The molecule has 2 atom stereocenters. The van der Waals surface area contributed by atoms with Crippen molar-refractivity contribution in [3.8, 4) is 0 Å². The van der Waals surface area contributed by atoms with Crippen LogP contribution >= 0.6 is 0 Å². The summed E-state index contributed by atoms with van der Waals surface area (Å²) in [6.45, 7) is 4.60. The monoisotopic (exact) mass is 224 g/mol. The average molecular weight is 224 g/mol. The summed E-state index contributed by atoms with van der Waals surface area (Å²) >= 11 is 0. The number of nitrogens with one attached hydrogen (secondary N) is 1. The summed E-state index contributed by atoms with van der Waals surface area (Å²) < 4.78 is 0. The Morgan fingerprint density at radius 1 is 1.31 bits per heavy atom. The van der Waals surface area contributed by atoms with Crippen molar-refractivity contribution in [2.24, 2.45) is 17.7 Å². The summed E-state index contributed by atoms with van der Waals surface area (Å²) in [6.07, 6.45) is 12.8. The first kappa shape index (κ1) is 13.6. The van der Waals surface area contributed by atoms with Crippen LogP contribution in [0.15, 0.2) is 11.8 Å². The minimum Gasteiger partial charge on any atom is -0.331 e. The highest BCUT2D eigenvalue weighted by atomic mass is 15.2. The summed E-state index contributed by atoms with van der Waals surface area (Å²) in [4.78, 5) is 0. The lowest BCUT2D eigenvalue weighted by Gasteiger charge is -2.26. The van der Waals surface area contributed by atoms with E-state index in [0.717, 1.165) is 11.8 Å². The molecule has 0 aromatic carbocycles. The molecule has 0 saturated heterocycles. The van der Waals surface area contributed by atoms with Crippen molar-refractivity contribution >= 4 is 0 Å². The molecule has 0 aliphatic heterocycles. The molecule has 1 rings (SSSR count). The second-order valence-electron chi connectivity index (χ2n) is 5.12. The predicted molar refractivity (Wildman–Crippen MR) is 70.7 cm³/mol. The van der Waals surface area contributed by atoms with Crippen molar-refractivity contribution in [2.75, 3.05) is 0 Å². The Balaban J connectivity index is 2.54. The standard InChI is InChI=1S/C14H28N2/c1-3-6-12-7-5-8-14(11-16-15)13(4-2)10-9-12/h11-13,16H,3-10,15H2,1-2H3/b14-11-. The van der Waals surface area contributed by atoms with Crippen LogP contribution in [-0.4, -0.2) is 0 Å². The molecule has 1 aliphatic carbocycles. The SMILES string of the molecule is CCCC1CCC/C(=C/NN)C(CC)CC1. The quantitative estimate of drug-likeness (QED) is 0.564. The Hall–Kier alpha value is -0.500. The molecular formula is C14H28N2. The van der Waals surface area contributed by atoms with Crippen LogP contribution in [0.25, 0.3) is 0 Å². The van der Waals surface area contributed by atoms with E-state index in [0.29, 0.717) is 0 Å². The van der Waals surface area contributed by atoms with Crippen molar-refractivity contribution in [1.29, 1.82) is 0 Å². The second kappa shape index (κ2) is 7.72. The smallest absolute Gasteiger partial charge is 0.0117 e. The Morgan fingerprint density at radius 2 is 2.12 bits per heavy atom. The molecule has 2 unspecified atom stereocenters. The van der Waals surface area contributed by atoms with Crippen molar-refractivity contribution in [3.05, 3.63) is 11.8 Å². The van der Waals surface area contributed by atoms with Gasteiger partial charge in [-0.2, -0.15) is 0 Å². The minimum absolute atomic E-state index is 0.760. The zero-order valence-corrected chi connectivity index (χ0v) is 11.0. The lowest BCUT2D eigenvalue weighted by atomic mass is 9.80. The zero-order valence-electron chi connectivity index (χ0n) is 11.0. The summed E-state index contributed by atoms with van der Waals surface area (Å²) in [5.41, 5.74) is 4.27. The molecule has 2 heteroatoms. The minimum atomic E-state index is 0.760. The molecule has 0 aromatic heterocycles. The van der Waals surface area contributed by atoms with E-state index in [1.165, 1.54) is 51.4 Å². The van der Waals surface area contributed by atoms with Gasteiger partial charge in [-0.15, -0.1) is 0 Å². The molecule has 0 spiro atoms. The van der Waals surface area contributed by atoms with E-state index in [1.807, 2.05) is 6.20 Å². The lowest BCUT2D eigenvalue weighted by molar-refractivity contribution is 0.336. The number of nitrogens with two attached hydrogens (primary N) is 1. The highest BCUT2D eigenvalue weighted by Crippen LogP contribution is 2.33. The molecular weight excluding hydrogens is 196 g/mol. The molecule has 1 fully saturated rings. The molecule has 0 amide bonds. The molecule has 0 aromatic rings. The number of hydrogen-bond acceptors (Lipinski definition) is 2. The van der Waals surface area contributed by atoms with Crippen LogP contribution in [0.4, 0.5) is 0 Å². The van der Waals surface area contributed by atoms with Crippen molar-refractivity contribution in [2.45, 2.75) is 65.2 Å². The summed E-state index contributed by atoms with van der Waals surface area (Å²) in [5, 5.41) is 0. The van der Waals surface area contributed by atoms with E-state index >= 15 is 0 Å². The predicted octanol–water partition coefficient (Wildman–Crippen LogP) is 3.74. The van der Waals surface area contributed by atoms with Crippen molar-refractivity contribution in [1.82, 2.24) is 5.43 Å². The second-order valence-corrected chi connectivity index (χ2v) is 5.12. The Labute approximate surface area is 101 Å². The third kappa shape index (κ3) is 4.17. The van der Waals surface area contributed by atoms with Crippen LogP contribution < -0.4 is 11.3 Å². The van der Waals surface area contributed by atoms with Gasteiger partial charge in [-0.25, -0.2) is 0 Å². The first-order valence-corrected chi connectivity index (χ1v) is 6.96. The highest BCUT2D eigenvalue weighted by molar-refractivity contribution is 5.06. The molecule has 1 aliphatic rings. The van der Waals surface area contributed by atoms with Gasteiger partial charge in [-0.1, -0.05) is 38.7 Å².